The van der Waals surface area contributed by atoms with Gasteiger partial charge in [0.25, 0.3) is 5.56 Å². The summed E-state index contributed by atoms with van der Waals surface area (Å²) in [6.45, 7) is 4.09. The summed E-state index contributed by atoms with van der Waals surface area (Å²) in [7, 11) is 0. The molecule has 0 radical (unpaired) electrons. The van der Waals surface area contributed by atoms with Crippen molar-refractivity contribution in [1.82, 2.24) is 19.7 Å². The van der Waals surface area contributed by atoms with Crippen LogP contribution in [-0.4, -0.2) is 58.2 Å². The Labute approximate surface area is 168 Å². The minimum absolute atomic E-state index is 0.0297. The van der Waals surface area contributed by atoms with Crippen LogP contribution in [0.25, 0.3) is 0 Å². The molecule has 1 fully saturated rings. The van der Waals surface area contributed by atoms with Gasteiger partial charge >= 0.3 is 6.18 Å². The summed E-state index contributed by atoms with van der Waals surface area (Å²) in [5.74, 6) is -1.34. The third kappa shape index (κ3) is 3.61. The summed E-state index contributed by atoms with van der Waals surface area (Å²) in [5, 5.41) is 3.75. The Morgan fingerprint density at radius 2 is 2.00 bits per heavy atom. The van der Waals surface area contributed by atoms with Crippen LogP contribution in [-0.2, 0) is 11.3 Å². The predicted octanol–water partition coefficient (Wildman–Crippen LogP) is 1.81. The van der Waals surface area contributed by atoms with Gasteiger partial charge in [0.05, 0.1) is 25.8 Å². The molecule has 9 nitrogen and oxygen atoms in total. The molecule has 2 aromatic heterocycles. The molecule has 0 aromatic carbocycles. The van der Waals surface area contributed by atoms with Crippen LogP contribution in [0.3, 0.4) is 0 Å². The van der Waals surface area contributed by atoms with E-state index in [9.17, 15) is 22.4 Å². The van der Waals surface area contributed by atoms with Gasteiger partial charge < -0.3 is 19.1 Å². The summed E-state index contributed by atoms with van der Waals surface area (Å²) in [5.41, 5.74) is -1.36. The highest BCUT2D eigenvalue weighted by molar-refractivity contribution is 5.48. The number of hydrogen-bond donors (Lipinski definition) is 0. The van der Waals surface area contributed by atoms with Crippen molar-refractivity contribution < 1.29 is 26.8 Å². The van der Waals surface area contributed by atoms with Gasteiger partial charge in [-0.05, 0) is 13.3 Å². The number of fused-ring (bicyclic) bond motifs is 1. The Kier molecular flexibility index (Phi) is 5.16. The van der Waals surface area contributed by atoms with Gasteiger partial charge in [0, 0.05) is 20.0 Å². The molecule has 1 saturated heterocycles. The van der Waals surface area contributed by atoms with E-state index >= 15 is 0 Å². The summed E-state index contributed by atoms with van der Waals surface area (Å²) >= 11 is 0. The standard InChI is InChI=1S/C17H20F4N6O3/c1-9-8-29-6-5-26(9)14-13(18)15(28)27-11(17(19,20)21)3-4-25(16(27)23-14)7-12-22-10(2)30-24-12/h9,11H,3-8H2,1-2H3. The van der Waals surface area contributed by atoms with Crippen molar-refractivity contribution in [3.8, 4) is 0 Å². The van der Waals surface area contributed by atoms with Gasteiger partial charge in [-0.3, -0.25) is 9.36 Å². The van der Waals surface area contributed by atoms with Crippen molar-refractivity contribution in [3.05, 3.63) is 27.9 Å². The second kappa shape index (κ2) is 7.52. The molecular formula is C17H20F4N6O3. The molecule has 164 valence electrons. The van der Waals surface area contributed by atoms with E-state index in [2.05, 4.69) is 15.1 Å². The zero-order chi connectivity index (χ0) is 21.6. The Morgan fingerprint density at radius 3 is 2.63 bits per heavy atom. The summed E-state index contributed by atoms with van der Waals surface area (Å²) < 4.78 is 66.4. The molecule has 0 saturated carbocycles. The Hall–Kier alpha value is -2.70. The number of hydrogen-bond acceptors (Lipinski definition) is 8. The molecule has 30 heavy (non-hydrogen) atoms. The lowest BCUT2D eigenvalue weighted by atomic mass is 10.1. The van der Waals surface area contributed by atoms with Crippen LogP contribution in [0, 0.1) is 12.7 Å². The lowest BCUT2D eigenvalue weighted by Gasteiger charge is -2.38. The molecule has 2 aromatic rings. The van der Waals surface area contributed by atoms with Crippen LogP contribution in [0.2, 0.25) is 0 Å². The predicted molar refractivity (Wildman–Crippen MR) is 95.9 cm³/mol. The first-order chi connectivity index (χ1) is 14.2. The number of nitrogens with zero attached hydrogens (tertiary/aromatic N) is 6. The average Bonchev–Trinajstić information content (AvgIpc) is 3.09. The van der Waals surface area contributed by atoms with Gasteiger partial charge in [-0.25, -0.2) is 0 Å². The highest BCUT2D eigenvalue weighted by Gasteiger charge is 2.46. The van der Waals surface area contributed by atoms with Crippen molar-refractivity contribution in [1.29, 1.82) is 0 Å². The first kappa shape index (κ1) is 20.6. The topological polar surface area (TPSA) is 89.5 Å². The molecule has 0 bridgehead atoms. The van der Waals surface area contributed by atoms with Crippen molar-refractivity contribution in [2.75, 3.05) is 36.1 Å². The zero-order valence-electron chi connectivity index (χ0n) is 16.3. The van der Waals surface area contributed by atoms with E-state index in [4.69, 9.17) is 9.26 Å². The number of aryl methyl sites for hydroxylation is 1. The maximum Gasteiger partial charge on any atom is 0.409 e. The first-order valence-corrected chi connectivity index (χ1v) is 9.44. The van der Waals surface area contributed by atoms with Crippen LogP contribution < -0.4 is 15.4 Å². The van der Waals surface area contributed by atoms with Gasteiger partial charge in [0.15, 0.2) is 11.6 Å². The summed E-state index contributed by atoms with van der Waals surface area (Å²) in [6.07, 6.45) is -5.16. The van der Waals surface area contributed by atoms with E-state index in [1.807, 2.05) is 0 Å². The average molecular weight is 432 g/mol. The number of aromatic nitrogens is 4. The summed E-state index contributed by atoms with van der Waals surface area (Å²) in [4.78, 5) is 24.0. The van der Waals surface area contributed by atoms with E-state index in [-0.39, 0.29) is 49.9 Å². The fraction of sp³-hybridized carbons (Fsp3) is 0.647. The molecular weight excluding hydrogens is 412 g/mol. The number of rotatable bonds is 3. The van der Waals surface area contributed by atoms with E-state index < -0.39 is 30.0 Å². The molecule has 4 heterocycles. The molecule has 13 heteroatoms. The van der Waals surface area contributed by atoms with Gasteiger partial charge in [-0.2, -0.15) is 27.5 Å². The summed E-state index contributed by atoms with van der Waals surface area (Å²) in [6, 6.07) is -2.46. The fourth-order valence-electron chi connectivity index (χ4n) is 3.77. The maximum absolute atomic E-state index is 15.0. The van der Waals surface area contributed by atoms with E-state index in [1.165, 1.54) is 9.80 Å². The van der Waals surface area contributed by atoms with Crippen molar-refractivity contribution in [2.45, 2.75) is 45.1 Å². The third-order valence-electron chi connectivity index (χ3n) is 5.21. The van der Waals surface area contributed by atoms with Crippen molar-refractivity contribution in [2.24, 2.45) is 0 Å². The fourth-order valence-corrected chi connectivity index (χ4v) is 3.77. The molecule has 0 N–H and O–H groups in total. The SMILES string of the molecule is Cc1nc(CN2CCC(C(F)(F)F)n3c2nc(N2CCOCC2C)c(F)c3=O)no1. The number of alkyl halides is 3. The van der Waals surface area contributed by atoms with Gasteiger partial charge in [0.1, 0.15) is 6.04 Å². The number of halogens is 4. The molecule has 2 atom stereocenters. The van der Waals surface area contributed by atoms with Crippen LogP contribution in [0.15, 0.2) is 9.32 Å². The van der Waals surface area contributed by atoms with Gasteiger partial charge in [-0.15, -0.1) is 0 Å². The highest BCUT2D eigenvalue weighted by atomic mass is 19.4. The molecule has 2 aliphatic rings. The zero-order valence-corrected chi connectivity index (χ0v) is 16.3. The normalized spacial score (nSPS) is 22.3. The second-order valence-electron chi connectivity index (χ2n) is 7.34. The monoisotopic (exact) mass is 432 g/mol. The lowest BCUT2D eigenvalue weighted by Crippen LogP contribution is -2.49. The molecule has 0 aliphatic carbocycles. The Morgan fingerprint density at radius 1 is 1.23 bits per heavy atom. The van der Waals surface area contributed by atoms with Crippen molar-refractivity contribution >= 4 is 11.8 Å². The number of ether oxygens (including phenoxy) is 1. The second-order valence-corrected chi connectivity index (χ2v) is 7.34. The Bertz CT molecular complexity index is 991. The Balaban J connectivity index is 1.83. The van der Waals surface area contributed by atoms with E-state index in [0.717, 1.165) is 0 Å². The van der Waals surface area contributed by atoms with Crippen LogP contribution in [0.4, 0.5) is 29.3 Å². The number of morpholine rings is 1. The first-order valence-electron chi connectivity index (χ1n) is 9.44. The van der Waals surface area contributed by atoms with Gasteiger partial charge in [0.2, 0.25) is 17.7 Å². The van der Waals surface area contributed by atoms with Crippen LogP contribution in [0.1, 0.15) is 31.1 Å². The number of anilines is 2. The molecule has 4 rings (SSSR count). The molecule has 0 spiro atoms. The minimum atomic E-state index is -4.73. The van der Waals surface area contributed by atoms with E-state index in [1.54, 1.807) is 13.8 Å². The van der Waals surface area contributed by atoms with Crippen molar-refractivity contribution in [3.63, 3.8) is 0 Å². The minimum Gasteiger partial charge on any atom is -0.377 e. The maximum atomic E-state index is 15.0. The highest BCUT2D eigenvalue weighted by Crippen LogP contribution is 2.39. The lowest BCUT2D eigenvalue weighted by molar-refractivity contribution is -0.171. The largest absolute Gasteiger partial charge is 0.409 e. The molecule has 2 unspecified atom stereocenters. The molecule has 2 aliphatic heterocycles. The molecule has 0 amide bonds. The van der Waals surface area contributed by atoms with Crippen LogP contribution >= 0.6 is 0 Å². The smallest absolute Gasteiger partial charge is 0.377 e. The quantitative estimate of drug-likeness (QED) is 0.679. The van der Waals surface area contributed by atoms with E-state index in [0.29, 0.717) is 17.1 Å². The third-order valence-corrected chi connectivity index (χ3v) is 5.21. The van der Waals surface area contributed by atoms with Crippen LogP contribution in [0.5, 0.6) is 0 Å². The van der Waals surface area contributed by atoms with Gasteiger partial charge in [-0.1, -0.05) is 5.16 Å².